The molecule has 0 radical (unpaired) electrons. The Bertz CT molecular complexity index is 846. The van der Waals surface area contributed by atoms with Gasteiger partial charge in [-0.2, -0.15) is 18.9 Å². The van der Waals surface area contributed by atoms with Crippen molar-refractivity contribution >= 4 is 17.0 Å². The third kappa shape index (κ3) is 2.87. The second-order valence-electron chi connectivity index (χ2n) is 4.39. The molecule has 0 fully saturated rings. The van der Waals surface area contributed by atoms with Crippen LogP contribution in [-0.2, 0) is 6.54 Å². The Labute approximate surface area is 122 Å². The number of anilines is 1. The Balaban J connectivity index is 1.80. The van der Waals surface area contributed by atoms with Gasteiger partial charge in [-0.25, -0.2) is 0 Å². The number of para-hydroxylation sites is 1. The molecule has 0 atom stereocenters. The fraction of sp³-hybridized carbons (Fsp3) is 0.154. The summed E-state index contributed by atoms with van der Waals surface area (Å²) < 4.78 is 29.1. The second-order valence-corrected chi connectivity index (χ2v) is 4.39. The molecule has 0 bridgehead atoms. The van der Waals surface area contributed by atoms with E-state index in [0.717, 1.165) is 0 Å². The molecule has 2 aromatic heterocycles. The molecule has 0 saturated carbocycles. The summed E-state index contributed by atoms with van der Waals surface area (Å²) in [6.07, 6.45) is 1.37. The van der Waals surface area contributed by atoms with Crippen molar-refractivity contribution < 1.29 is 13.5 Å². The monoisotopic (exact) mass is 307 g/mol. The van der Waals surface area contributed by atoms with Crippen LogP contribution in [0.1, 0.15) is 5.56 Å². The highest BCUT2D eigenvalue weighted by molar-refractivity contribution is 5.73. The minimum Gasteiger partial charge on any atom is -0.434 e. The van der Waals surface area contributed by atoms with Crippen molar-refractivity contribution in [3.05, 3.63) is 46.4 Å². The zero-order chi connectivity index (χ0) is 15.5. The first kappa shape index (κ1) is 14.0. The average molecular weight is 307 g/mol. The molecule has 114 valence electrons. The Morgan fingerprint density at radius 1 is 1.32 bits per heavy atom. The molecule has 1 aromatic carbocycles. The van der Waals surface area contributed by atoms with Gasteiger partial charge in [0.1, 0.15) is 11.1 Å². The van der Waals surface area contributed by atoms with Crippen LogP contribution in [0.3, 0.4) is 0 Å². The molecule has 0 aliphatic rings. The minimum absolute atomic E-state index is 0.0648. The average Bonchev–Trinajstić information content (AvgIpc) is 2.95. The molecule has 3 rings (SSSR count). The van der Waals surface area contributed by atoms with E-state index >= 15 is 0 Å². The van der Waals surface area contributed by atoms with E-state index in [0.29, 0.717) is 16.6 Å². The van der Waals surface area contributed by atoms with E-state index in [4.69, 9.17) is 0 Å². The van der Waals surface area contributed by atoms with Crippen molar-refractivity contribution in [2.24, 2.45) is 0 Å². The number of benzene rings is 1. The number of ether oxygens (including phenoxy) is 1. The molecule has 0 spiro atoms. The van der Waals surface area contributed by atoms with Crippen molar-refractivity contribution in [1.82, 2.24) is 20.2 Å². The van der Waals surface area contributed by atoms with Crippen molar-refractivity contribution in [1.29, 1.82) is 0 Å². The number of fused-ring (bicyclic) bond motifs is 1. The summed E-state index contributed by atoms with van der Waals surface area (Å²) in [5, 5.41) is 9.52. The summed E-state index contributed by atoms with van der Waals surface area (Å²) >= 11 is 0. The number of nitrogens with zero attached hydrogens (tertiary/aromatic N) is 2. The molecule has 3 N–H and O–H groups in total. The van der Waals surface area contributed by atoms with Gasteiger partial charge in [0.15, 0.2) is 5.65 Å². The smallest absolute Gasteiger partial charge is 0.387 e. The van der Waals surface area contributed by atoms with Crippen LogP contribution >= 0.6 is 0 Å². The van der Waals surface area contributed by atoms with Crippen LogP contribution in [-0.4, -0.2) is 26.8 Å². The maximum Gasteiger partial charge on any atom is 0.387 e. The van der Waals surface area contributed by atoms with Gasteiger partial charge in [-0.05, 0) is 6.07 Å². The molecular formula is C13H11F2N5O2. The van der Waals surface area contributed by atoms with Gasteiger partial charge in [0.25, 0.3) is 5.56 Å². The van der Waals surface area contributed by atoms with E-state index in [1.54, 1.807) is 18.2 Å². The summed E-state index contributed by atoms with van der Waals surface area (Å²) in [6.45, 7) is -2.74. The largest absolute Gasteiger partial charge is 0.434 e. The number of hydrogen-bond acceptors (Lipinski definition) is 5. The maximum atomic E-state index is 12.3. The first-order valence-corrected chi connectivity index (χ1v) is 6.33. The SMILES string of the molecule is O=c1[nH]c(NCc2ccccc2OC(F)F)nc2[nH]ncc12. The van der Waals surface area contributed by atoms with Crippen LogP contribution in [0.25, 0.3) is 11.0 Å². The van der Waals surface area contributed by atoms with E-state index in [2.05, 4.69) is 30.2 Å². The first-order valence-electron chi connectivity index (χ1n) is 6.33. The van der Waals surface area contributed by atoms with Crippen molar-refractivity contribution in [2.45, 2.75) is 13.2 Å². The number of halogens is 2. The molecule has 22 heavy (non-hydrogen) atoms. The Morgan fingerprint density at radius 2 is 2.14 bits per heavy atom. The van der Waals surface area contributed by atoms with Gasteiger partial charge in [-0.1, -0.05) is 18.2 Å². The number of rotatable bonds is 5. The highest BCUT2D eigenvalue weighted by Crippen LogP contribution is 2.20. The Kier molecular flexibility index (Phi) is 3.69. The lowest BCUT2D eigenvalue weighted by Gasteiger charge is -2.11. The molecular weight excluding hydrogens is 296 g/mol. The Hall–Kier alpha value is -2.97. The van der Waals surface area contributed by atoms with Gasteiger partial charge < -0.3 is 10.1 Å². The van der Waals surface area contributed by atoms with Crippen LogP contribution in [0, 0.1) is 0 Å². The van der Waals surface area contributed by atoms with Gasteiger partial charge in [-0.3, -0.25) is 14.9 Å². The van der Waals surface area contributed by atoms with Crippen molar-refractivity contribution in [2.75, 3.05) is 5.32 Å². The number of H-pyrrole nitrogens is 2. The second kappa shape index (κ2) is 5.80. The first-order chi connectivity index (χ1) is 10.6. The summed E-state index contributed by atoms with van der Waals surface area (Å²) in [6, 6.07) is 6.37. The molecule has 0 unspecified atom stereocenters. The quantitative estimate of drug-likeness (QED) is 0.668. The number of nitrogens with one attached hydrogen (secondary N) is 3. The lowest BCUT2D eigenvalue weighted by atomic mass is 10.2. The minimum atomic E-state index is -2.90. The van der Waals surface area contributed by atoms with Gasteiger partial charge in [0.2, 0.25) is 5.95 Å². The van der Waals surface area contributed by atoms with Crippen LogP contribution in [0.2, 0.25) is 0 Å². The fourth-order valence-corrected chi connectivity index (χ4v) is 1.97. The molecule has 3 aromatic rings. The molecule has 0 amide bonds. The lowest BCUT2D eigenvalue weighted by molar-refractivity contribution is -0.0504. The zero-order valence-corrected chi connectivity index (χ0v) is 11.1. The van der Waals surface area contributed by atoms with Crippen LogP contribution in [0.5, 0.6) is 5.75 Å². The third-order valence-electron chi connectivity index (χ3n) is 2.95. The molecule has 0 aliphatic heterocycles. The molecule has 0 saturated heterocycles. The highest BCUT2D eigenvalue weighted by atomic mass is 19.3. The summed E-state index contributed by atoms with van der Waals surface area (Å²) in [4.78, 5) is 18.4. The number of alkyl halides is 2. The van der Waals surface area contributed by atoms with E-state index in [-0.39, 0.29) is 23.8 Å². The Morgan fingerprint density at radius 3 is 2.95 bits per heavy atom. The highest BCUT2D eigenvalue weighted by Gasteiger charge is 2.10. The summed E-state index contributed by atoms with van der Waals surface area (Å²) in [5.41, 5.74) is 0.497. The number of aromatic nitrogens is 4. The standard InChI is InChI=1S/C13H11F2N5O2/c14-12(15)22-9-4-2-1-3-7(9)5-16-13-18-10-8(6-17-20-10)11(21)19-13/h1-4,6,12H,5H2,(H3,16,17,18,19,20,21). The third-order valence-corrected chi connectivity index (χ3v) is 2.95. The lowest BCUT2D eigenvalue weighted by Crippen LogP contribution is -2.13. The van der Waals surface area contributed by atoms with Gasteiger partial charge in [0.05, 0.1) is 6.20 Å². The predicted molar refractivity (Wildman–Crippen MR) is 74.9 cm³/mol. The number of hydrogen-bond donors (Lipinski definition) is 3. The van der Waals surface area contributed by atoms with Crippen LogP contribution in [0.15, 0.2) is 35.3 Å². The van der Waals surface area contributed by atoms with Gasteiger partial charge in [-0.15, -0.1) is 0 Å². The molecule has 0 aliphatic carbocycles. The van der Waals surface area contributed by atoms with Crippen molar-refractivity contribution in [3.63, 3.8) is 0 Å². The van der Waals surface area contributed by atoms with Gasteiger partial charge >= 0.3 is 6.61 Å². The van der Waals surface area contributed by atoms with Crippen LogP contribution in [0.4, 0.5) is 14.7 Å². The summed E-state index contributed by atoms with van der Waals surface area (Å²) in [5.74, 6) is 0.267. The molecule has 2 heterocycles. The van der Waals surface area contributed by atoms with E-state index in [1.165, 1.54) is 12.3 Å². The molecule has 7 nitrogen and oxygen atoms in total. The van der Waals surface area contributed by atoms with Gasteiger partial charge in [0, 0.05) is 12.1 Å². The topological polar surface area (TPSA) is 95.7 Å². The van der Waals surface area contributed by atoms with E-state index in [1.807, 2.05) is 0 Å². The zero-order valence-electron chi connectivity index (χ0n) is 11.1. The van der Waals surface area contributed by atoms with E-state index < -0.39 is 6.61 Å². The van der Waals surface area contributed by atoms with Crippen LogP contribution < -0.4 is 15.6 Å². The number of aromatic amines is 2. The predicted octanol–water partition coefficient (Wildman–Crippen LogP) is 1.86. The summed E-state index contributed by atoms with van der Waals surface area (Å²) in [7, 11) is 0. The maximum absolute atomic E-state index is 12.3. The molecule has 9 heteroatoms. The normalized spacial score (nSPS) is 11.0. The van der Waals surface area contributed by atoms with Crippen molar-refractivity contribution in [3.8, 4) is 5.75 Å². The fourth-order valence-electron chi connectivity index (χ4n) is 1.97. The van der Waals surface area contributed by atoms with E-state index in [9.17, 15) is 13.6 Å².